The summed E-state index contributed by atoms with van der Waals surface area (Å²) in [6.07, 6.45) is 0. The van der Waals surface area contributed by atoms with Crippen LogP contribution in [0.3, 0.4) is 0 Å². The Balaban J connectivity index is 0. The summed E-state index contributed by atoms with van der Waals surface area (Å²) in [6.45, 7) is 9.27. The number of carbonyl (C=O) groups excluding carboxylic acids is 2. The zero-order chi connectivity index (χ0) is 11.7. The molecule has 0 fully saturated rings. The van der Waals surface area contributed by atoms with Gasteiger partial charge in [-0.05, 0) is 13.8 Å². The van der Waals surface area contributed by atoms with Gasteiger partial charge in [0, 0.05) is 11.1 Å². The first-order valence-electron chi connectivity index (χ1n) is 3.39. The number of rotatable bonds is 2. The number of hydrogen-bond donors (Lipinski definition) is 2. The molecule has 0 heterocycles. The molecule has 0 spiro atoms. The molecule has 0 aromatic heterocycles. The van der Waals surface area contributed by atoms with Gasteiger partial charge in [0.25, 0.3) is 0 Å². The molecule has 0 bridgehead atoms. The van der Waals surface area contributed by atoms with Gasteiger partial charge in [-0.3, -0.25) is 9.78 Å². The third kappa shape index (κ3) is 8.44. The van der Waals surface area contributed by atoms with Crippen LogP contribution >= 0.6 is 0 Å². The minimum atomic E-state index is -0.792. The Hall–Kier alpha value is -1.66. The lowest BCUT2D eigenvalue weighted by Crippen LogP contribution is -1.99. The Kier molecular flexibility index (Phi) is 8.44. The van der Waals surface area contributed by atoms with Gasteiger partial charge in [0.15, 0.2) is 0 Å². The fourth-order valence-corrected chi connectivity index (χ4v) is 0.156. The minimum absolute atomic E-state index is 0.183. The average Bonchev–Trinajstić information content (AvgIpc) is 2.15. The molecule has 2 N–H and O–H groups in total. The summed E-state index contributed by atoms with van der Waals surface area (Å²) in [5, 5.41) is 15.2. The first kappa shape index (κ1) is 14.8. The molecule has 6 nitrogen and oxygen atoms in total. The topological polar surface area (TPSA) is 93.1 Å². The molecule has 14 heavy (non-hydrogen) atoms. The van der Waals surface area contributed by atoms with Crippen molar-refractivity contribution >= 4 is 11.9 Å². The zero-order valence-electron chi connectivity index (χ0n) is 7.94. The van der Waals surface area contributed by atoms with Gasteiger partial charge in [0.1, 0.15) is 0 Å². The highest BCUT2D eigenvalue weighted by molar-refractivity contribution is 5.86. The molecule has 0 saturated heterocycles. The molecule has 80 valence electrons. The highest BCUT2D eigenvalue weighted by Gasteiger charge is 1.98. The van der Waals surface area contributed by atoms with Crippen molar-refractivity contribution in [2.24, 2.45) is 0 Å². The van der Waals surface area contributed by atoms with Crippen LogP contribution in [0.15, 0.2) is 24.3 Å². The van der Waals surface area contributed by atoms with Crippen molar-refractivity contribution in [1.29, 1.82) is 0 Å². The predicted octanol–water partition coefficient (Wildman–Crippen LogP) is 1.16. The van der Waals surface area contributed by atoms with E-state index in [1.807, 2.05) is 0 Å². The van der Waals surface area contributed by atoms with Crippen molar-refractivity contribution in [2.45, 2.75) is 13.8 Å². The van der Waals surface area contributed by atoms with E-state index in [1.54, 1.807) is 0 Å². The fraction of sp³-hybridized carbons (Fsp3) is 0.250. The van der Waals surface area contributed by atoms with Crippen molar-refractivity contribution in [3.63, 3.8) is 0 Å². The van der Waals surface area contributed by atoms with Crippen LogP contribution in [0.2, 0.25) is 0 Å². The van der Waals surface area contributed by atoms with E-state index < -0.39 is 11.9 Å². The predicted molar refractivity (Wildman–Crippen MR) is 47.1 cm³/mol. The van der Waals surface area contributed by atoms with E-state index in [4.69, 9.17) is 10.5 Å². The number of carbonyl (C=O) groups is 2. The smallest absolute Gasteiger partial charge is 0.296 e. The van der Waals surface area contributed by atoms with Crippen molar-refractivity contribution in [1.82, 2.24) is 0 Å². The Morgan fingerprint density at radius 3 is 1.14 bits per heavy atom. The lowest BCUT2D eigenvalue weighted by Gasteiger charge is -1.88. The van der Waals surface area contributed by atoms with Gasteiger partial charge >= 0.3 is 11.9 Å². The van der Waals surface area contributed by atoms with Gasteiger partial charge in [0.05, 0.1) is 0 Å². The van der Waals surface area contributed by atoms with E-state index in [-0.39, 0.29) is 11.1 Å². The van der Waals surface area contributed by atoms with E-state index in [0.717, 1.165) is 0 Å². The molecule has 0 saturated carbocycles. The summed E-state index contributed by atoms with van der Waals surface area (Å²) in [7, 11) is 0. The van der Waals surface area contributed by atoms with Crippen LogP contribution < -0.4 is 0 Å². The zero-order valence-corrected chi connectivity index (χ0v) is 7.94. The molecule has 0 atom stereocenters. The summed E-state index contributed by atoms with van der Waals surface area (Å²) in [4.78, 5) is 26.4. The molecule has 0 aromatic carbocycles. The van der Waals surface area contributed by atoms with Crippen LogP contribution in [0.5, 0.6) is 0 Å². The molecular weight excluding hydrogens is 192 g/mol. The molecule has 0 aliphatic carbocycles. The lowest BCUT2D eigenvalue weighted by molar-refractivity contribution is -0.229. The molecule has 0 aliphatic rings. The number of hydrogen-bond acceptors (Lipinski definition) is 6. The van der Waals surface area contributed by atoms with Gasteiger partial charge in [-0.25, -0.2) is 9.59 Å². The van der Waals surface area contributed by atoms with Crippen LogP contribution in [0.4, 0.5) is 0 Å². The van der Waals surface area contributed by atoms with Crippen molar-refractivity contribution in [3.8, 4) is 0 Å². The second-order valence-electron chi connectivity index (χ2n) is 2.32. The van der Waals surface area contributed by atoms with Crippen molar-refractivity contribution < 1.29 is 29.9 Å². The van der Waals surface area contributed by atoms with Crippen LogP contribution in [0.1, 0.15) is 13.8 Å². The standard InChI is InChI=1S/2C4H6O3/c2*1-3(2)4(5)7-6/h2*6H,1H2,2H3. The first-order chi connectivity index (χ1) is 6.36. The van der Waals surface area contributed by atoms with Gasteiger partial charge < -0.3 is 0 Å². The Labute approximate surface area is 80.9 Å². The van der Waals surface area contributed by atoms with E-state index in [0.29, 0.717) is 0 Å². The highest BCUT2D eigenvalue weighted by atomic mass is 17.1. The molecule has 0 radical (unpaired) electrons. The van der Waals surface area contributed by atoms with Crippen molar-refractivity contribution in [3.05, 3.63) is 24.3 Å². The van der Waals surface area contributed by atoms with Crippen LogP contribution in [-0.4, -0.2) is 22.5 Å². The van der Waals surface area contributed by atoms with Crippen molar-refractivity contribution in [2.75, 3.05) is 0 Å². The summed E-state index contributed by atoms with van der Waals surface area (Å²) in [6, 6.07) is 0. The minimum Gasteiger partial charge on any atom is -0.296 e. The second-order valence-corrected chi connectivity index (χ2v) is 2.32. The third-order valence-electron chi connectivity index (χ3n) is 0.863. The molecule has 0 rings (SSSR count). The van der Waals surface area contributed by atoms with Gasteiger partial charge in [-0.1, -0.05) is 13.2 Å². The molecule has 0 unspecified atom stereocenters. The van der Waals surface area contributed by atoms with Gasteiger partial charge in [-0.2, -0.15) is 10.5 Å². The monoisotopic (exact) mass is 204 g/mol. The normalized spacial score (nSPS) is 7.71. The van der Waals surface area contributed by atoms with Gasteiger partial charge in [-0.15, -0.1) is 0 Å². The highest BCUT2D eigenvalue weighted by Crippen LogP contribution is 1.87. The maximum absolute atomic E-state index is 9.94. The fourth-order valence-electron chi connectivity index (χ4n) is 0.156. The first-order valence-corrected chi connectivity index (χ1v) is 3.39. The SMILES string of the molecule is C=C(C)C(=O)OO.C=C(C)C(=O)OO. The van der Waals surface area contributed by atoms with Crippen LogP contribution in [0, 0.1) is 0 Å². The lowest BCUT2D eigenvalue weighted by atomic mass is 10.4. The molecular formula is C8H12O6. The Morgan fingerprint density at radius 1 is 0.929 bits per heavy atom. The van der Waals surface area contributed by atoms with E-state index in [2.05, 4.69) is 22.9 Å². The van der Waals surface area contributed by atoms with Gasteiger partial charge in [0.2, 0.25) is 0 Å². The summed E-state index contributed by atoms with van der Waals surface area (Å²) in [5.41, 5.74) is 0.366. The van der Waals surface area contributed by atoms with Crippen LogP contribution in [-0.2, 0) is 19.4 Å². The average molecular weight is 204 g/mol. The third-order valence-corrected chi connectivity index (χ3v) is 0.863. The second kappa shape index (κ2) is 7.96. The molecule has 6 heteroatoms. The van der Waals surface area contributed by atoms with E-state index >= 15 is 0 Å². The van der Waals surface area contributed by atoms with E-state index in [1.165, 1.54) is 13.8 Å². The molecule has 0 aliphatic heterocycles. The maximum atomic E-state index is 9.94. The quantitative estimate of drug-likeness (QED) is 0.398. The molecule has 0 aromatic rings. The Morgan fingerprint density at radius 2 is 1.14 bits per heavy atom. The molecule has 0 amide bonds. The summed E-state index contributed by atoms with van der Waals surface area (Å²) >= 11 is 0. The van der Waals surface area contributed by atoms with Crippen LogP contribution in [0.25, 0.3) is 0 Å². The maximum Gasteiger partial charge on any atom is 0.367 e. The Bertz CT molecular complexity index is 216. The van der Waals surface area contributed by atoms with E-state index in [9.17, 15) is 9.59 Å². The summed E-state index contributed by atoms with van der Waals surface area (Å²) < 4.78 is 0. The summed E-state index contributed by atoms with van der Waals surface area (Å²) in [5.74, 6) is -1.58. The largest absolute Gasteiger partial charge is 0.367 e.